The van der Waals surface area contributed by atoms with Gasteiger partial charge in [-0.3, -0.25) is 0 Å². The molecular weight excluding hydrogens is 309 g/mol. The van der Waals surface area contributed by atoms with Crippen molar-refractivity contribution in [3.8, 4) is 5.69 Å². The average molecular weight is 319 g/mol. The molecular formula is C13H10Cl3NO2. The molecule has 0 aliphatic carbocycles. The molecule has 2 aromatic rings. The van der Waals surface area contributed by atoms with Crippen LogP contribution in [0.1, 0.15) is 21.7 Å². The SMILES string of the molecule is Cc1cc(C(=O)O)c(C)n1-c1c(Cl)cc(Cl)cc1Cl. The molecule has 1 N–H and O–H groups in total. The van der Waals surface area contributed by atoms with Gasteiger partial charge in [-0.25, -0.2) is 4.79 Å². The van der Waals surface area contributed by atoms with Crippen LogP contribution >= 0.6 is 34.8 Å². The van der Waals surface area contributed by atoms with Gasteiger partial charge in [-0.15, -0.1) is 0 Å². The predicted octanol–water partition coefficient (Wildman–Crippen LogP) is 4.75. The van der Waals surface area contributed by atoms with E-state index in [1.54, 1.807) is 36.6 Å². The highest BCUT2D eigenvalue weighted by Crippen LogP contribution is 2.34. The molecule has 0 saturated heterocycles. The summed E-state index contributed by atoms with van der Waals surface area (Å²) in [6.45, 7) is 3.50. The highest BCUT2D eigenvalue weighted by Gasteiger charge is 2.19. The van der Waals surface area contributed by atoms with Crippen molar-refractivity contribution in [3.63, 3.8) is 0 Å². The largest absolute Gasteiger partial charge is 0.478 e. The second kappa shape index (κ2) is 5.08. The van der Waals surface area contributed by atoms with E-state index in [4.69, 9.17) is 39.9 Å². The zero-order valence-electron chi connectivity index (χ0n) is 10.2. The standard InChI is InChI=1S/C13H10Cl3NO2/c1-6-3-9(13(18)19)7(2)17(6)12-10(15)4-8(14)5-11(12)16/h3-5H,1-2H3,(H,18,19). The van der Waals surface area contributed by atoms with E-state index in [0.717, 1.165) is 5.69 Å². The Hall–Kier alpha value is -1.16. The highest BCUT2D eigenvalue weighted by molar-refractivity contribution is 6.40. The van der Waals surface area contributed by atoms with Crippen molar-refractivity contribution in [2.75, 3.05) is 0 Å². The number of hydrogen-bond donors (Lipinski definition) is 1. The molecule has 0 atom stereocenters. The van der Waals surface area contributed by atoms with Gasteiger partial charge in [-0.05, 0) is 32.0 Å². The van der Waals surface area contributed by atoms with Gasteiger partial charge in [0.1, 0.15) is 0 Å². The zero-order chi connectivity index (χ0) is 14.3. The number of carbonyl (C=O) groups is 1. The molecule has 19 heavy (non-hydrogen) atoms. The molecule has 0 saturated carbocycles. The summed E-state index contributed by atoms with van der Waals surface area (Å²) in [6, 6.07) is 4.73. The molecule has 1 heterocycles. The lowest BCUT2D eigenvalue weighted by Gasteiger charge is -2.14. The normalized spacial score (nSPS) is 10.8. The lowest BCUT2D eigenvalue weighted by atomic mass is 10.2. The van der Waals surface area contributed by atoms with Gasteiger partial charge in [0.05, 0.1) is 21.3 Å². The first-order valence-electron chi connectivity index (χ1n) is 5.40. The minimum Gasteiger partial charge on any atom is -0.478 e. The number of aromatic nitrogens is 1. The van der Waals surface area contributed by atoms with Crippen molar-refractivity contribution in [2.45, 2.75) is 13.8 Å². The Labute approximate surface area is 125 Å². The van der Waals surface area contributed by atoms with E-state index < -0.39 is 5.97 Å². The number of carboxylic acids is 1. The highest BCUT2D eigenvalue weighted by atomic mass is 35.5. The molecule has 2 rings (SSSR count). The third-order valence-corrected chi connectivity index (χ3v) is 3.66. The molecule has 0 amide bonds. The lowest BCUT2D eigenvalue weighted by Crippen LogP contribution is -2.03. The number of halogens is 3. The van der Waals surface area contributed by atoms with E-state index >= 15 is 0 Å². The van der Waals surface area contributed by atoms with Crippen LogP contribution in [-0.4, -0.2) is 15.6 Å². The maximum absolute atomic E-state index is 11.1. The van der Waals surface area contributed by atoms with Crippen LogP contribution in [0.4, 0.5) is 0 Å². The fourth-order valence-electron chi connectivity index (χ4n) is 2.07. The first kappa shape index (κ1) is 14.3. The maximum atomic E-state index is 11.1. The molecule has 0 radical (unpaired) electrons. The summed E-state index contributed by atoms with van der Waals surface area (Å²) in [5.41, 5.74) is 2.06. The van der Waals surface area contributed by atoms with Crippen LogP contribution in [0.2, 0.25) is 15.1 Å². The van der Waals surface area contributed by atoms with E-state index in [0.29, 0.717) is 26.4 Å². The Morgan fingerprint density at radius 1 is 1.11 bits per heavy atom. The van der Waals surface area contributed by atoms with Crippen molar-refractivity contribution in [1.29, 1.82) is 0 Å². The quantitative estimate of drug-likeness (QED) is 0.868. The molecule has 0 aliphatic rings. The van der Waals surface area contributed by atoms with Crippen LogP contribution in [0.15, 0.2) is 18.2 Å². The number of nitrogens with zero attached hydrogens (tertiary/aromatic N) is 1. The Bertz CT molecular complexity index is 654. The molecule has 0 fully saturated rings. The van der Waals surface area contributed by atoms with Crippen LogP contribution < -0.4 is 0 Å². The molecule has 100 valence electrons. The zero-order valence-corrected chi connectivity index (χ0v) is 12.4. The number of benzene rings is 1. The van der Waals surface area contributed by atoms with Gasteiger partial charge in [0.2, 0.25) is 0 Å². The number of rotatable bonds is 2. The third kappa shape index (κ3) is 2.46. The van der Waals surface area contributed by atoms with Crippen molar-refractivity contribution < 1.29 is 9.90 Å². The first-order valence-corrected chi connectivity index (χ1v) is 6.53. The van der Waals surface area contributed by atoms with Crippen molar-refractivity contribution in [1.82, 2.24) is 4.57 Å². The molecule has 1 aromatic heterocycles. The summed E-state index contributed by atoms with van der Waals surface area (Å²) in [4.78, 5) is 11.1. The lowest BCUT2D eigenvalue weighted by molar-refractivity contribution is 0.0696. The Balaban J connectivity index is 2.77. The monoisotopic (exact) mass is 317 g/mol. The molecule has 0 aliphatic heterocycles. The Morgan fingerprint density at radius 2 is 1.63 bits per heavy atom. The van der Waals surface area contributed by atoms with Crippen LogP contribution in [0.5, 0.6) is 0 Å². The van der Waals surface area contributed by atoms with Gasteiger partial charge >= 0.3 is 5.97 Å². The molecule has 0 unspecified atom stereocenters. The number of carboxylic acid groups (broad SMARTS) is 1. The number of hydrogen-bond acceptors (Lipinski definition) is 1. The van der Waals surface area contributed by atoms with Gasteiger partial charge in [0.15, 0.2) is 0 Å². The summed E-state index contributed by atoms with van der Waals surface area (Å²) in [6.07, 6.45) is 0. The van der Waals surface area contributed by atoms with Crippen LogP contribution in [0, 0.1) is 13.8 Å². The van der Waals surface area contributed by atoms with E-state index in [1.807, 2.05) is 0 Å². The van der Waals surface area contributed by atoms with E-state index in [9.17, 15) is 4.79 Å². The van der Waals surface area contributed by atoms with E-state index in [-0.39, 0.29) is 5.56 Å². The van der Waals surface area contributed by atoms with Gasteiger partial charge in [0.25, 0.3) is 0 Å². The smallest absolute Gasteiger partial charge is 0.337 e. The predicted molar refractivity (Wildman–Crippen MR) is 77.2 cm³/mol. The van der Waals surface area contributed by atoms with Gasteiger partial charge in [-0.1, -0.05) is 34.8 Å². The third-order valence-electron chi connectivity index (χ3n) is 2.87. The second-order valence-electron chi connectivity index (χ2n) is 4.14. The van der Waals surface area contributed by atoms with Crippen molar-refractivity contribution in [3.05, 3.63) is 50.2 Å². The summed E-state index contributed by atoms with van der Waals surface area (Å²) in [7, 11) is 0. The second-order valence-corrected chi connectivity index (χ2v) is 5.39. The van der Waals surface area contributed by atoms with Crippen LogP contribution in [0.25, 0.3) is 5.69 Å². The molecule has 0 bridgehead atoms. The van der Waals surface area contributed by atoms with E-state index in [1.165, 1.54) is 0 Å². The molecule has 3 nitrogen and oxygen atoms in total. The van der Waals surface area contributed by atoms with Crippen LogP contribution in [0.3, 0.4) is 0 Å². The summed E-state index contributed by atoms with van der Waals surface area (Å²) in [5, 5.41) is 10.3. The summed E-state index contributed by atoms with van der Waals surface area (Å²) >= 11 is 18.2. The molecule has 1 aromatic carbocycles. The molecule has 6 heteroatoms. The summed E-state index contributed by atoms with van der Waals surface area (Å²) < 4.78 is 1.71. The Kier molecular flexibility index (Phi) is 3.81. The fourth-order valence-corrected chi connectivity index (χ4v) is 3.06. The number of aryl methyl sites for hydroxylation is 1. The minimum absolute atomic E-state index is 0.222. The van der Waals surface area contributed by atoms with Gasteiger partial charge in [-0.2, -0.15) is 0 Å². The molecule has 0 spiro atoms. The fraction of sp³-hybridized carbons (Fsp3) is 0.154. The maximum Gasteiger partial charge on any atom is 0.337 e. The average Bonchev–Trinajstić information content (AvgIpc) is 2.55. The first-order chi connectivity index (χ1) is 8.82. The topological polar surface area (TPSA) is 42.2 Å². The van der Waals surface area contributed by atoms with Crippen molar-refractivity contribution >= 4 is 40.8 Å². The van der Waals surface area contributed by atoms with Crippen LogP contribution in [-0.2, 0) is 0 Å². The van der Waals surface area contributed by atoms with Crippen molar-refractivity contribution in [2.24, 2.45) is 0 Å². The van der Waals surface area contributed by atoms with E-state index in [2.05, 4.69) is 0 Å². The summed E-state index contributed by atoms with van der Waals surface area (Å²) in [5.74, 6) is -0.986. The van der Waals surface area contributed by atoms with Gasteiger partial charge in [0, 0.05) is 16.4 Å². The number of aromatic carboxylic acids is 1. The Morgan fingerprint density at radius 3 is 2.05 bits per heavy atom. The minimum atomic E-state index is -0.986. The van der Waals surface area contributed by atoms with Gasteiger partial charge < -0.3 is 9.67 Å².